The number of ether oxygens (including phenoxy) is 2. The summed E-state index contributed by atoms with van der Waals surface area (Å²) in [5, 5.41) is 15.6. The van der Waals surface area contributed by atoms with Gasteiger partial charge in [0, 0.05) is 17.8 Å². The first-order chi connectivity index (χ1) is 18.0. The Kier molecular flexibility index (Phi) is 7.38. The van der Waals surface area contributed by atoms with E-state index in [0.717, 1.165) is 37.9 Å². The van der Waals surface area contributed by atoms with Crippen molar-refractivity contribution in [2.24, 2.45) is 0 Å². The second-order valence-electron chi connectivity index (χ2n) is 9.44. The lowest BCUT2D eigenvalue weighted by molar-refractivity contribution is -0.127. The van der Waals surface area contributed by atoms with E-state index >= 15 is 0 Å². The Morgan fingerprint density at radius 1 is 1.14 bits per heavy atom. The van der Waals surface area contributed by atoms with Gasteiger partial charge in [-0.25, -0.2) is 0 Å². The molecule has 2 aliphatic rings. The first-order valence-electron chi connectivity index (χ1n) is 12.9. The van der Waals surface area contributed by atoms with E-state index in [1.807, 2.05) is 19.9 Å². The minimum atomic E-state index is -0.698. The number of amides is 2. The molecule has 3 heterocycles. The largest absolute Gasteiger partial charge is 0.486 e. The fourth-order valence-corrected chi connectivity index (χ4v) is 4.86. The molecule has 2 amide bonds. The van der Waals surface area contributed by atoms with Crippen molar-refractivity contribution in [2.75, 3.05) is 18.1 Å². The molecule has 5 rings (SSSR count). The van der Waals surface area contributed by atoms with Crippen molar-refractivity contribution in [1.82, 2.24) is 25.5 Å². The Morgan fingerprint density at radius 2 is 1.92 bits per heavy atom. The molecule has 1 aliphatic carbocycles. The number of carbonyl (C=O) groups excluding carboxylic acids is 2. The number of aryl methyl sites for hydroxylation is 1. The highest BCUT2D eigenvalue weighted by atomic mass is 16.6. The van der Waals surface area contributed by atoms with E-state index in [1.165, 1.54) is 9.70 Å². The van der Waals surface area contributed by atoms with Crippen molar-refractivity contribution in [3.8, 4) is 23.1 Å². The normalized spacial score (nSPS) is 15.9. The van der Waals surface area contributed by atoms with Gasteiger partial charge in [0.2, 0.25) is 11.7 Å². The maximum atomic E-state index is 13.8. The van der Waals surface area contributed by atoms with Gasteiger partial charge in [-0.05, 0) is 55.7 Å². The number of benzene rings is 1. The molecular weight excluding hydrogens is 476 g/mol. The molecule has 11 nitrogen and oxygen atoms in total. The van der Waals surface area contributed by atoms with Crippen LogP contribution in [0, 0.1) is 6.92 Å². The second kappa shape index (κ2) is 11.0. The summed E-state index contributed by atoms with van der Waals surface area (Å²) in [7, 11) is 0. The van der Waals surface area contributed by atoms with Crippen LogP contribution in [0.2, 0.25) is 0 Å². The number of nitrogens with one attached hydrogen (secondary N) is 1. The van der Waals surface area contributed by atoms with Crippen molar-refractivity contribution in [3.05, 3.63) is 36.1 Å². The predicted molar refractivity (Wildman–Crippen MR) is 134 cm³/mol. The number of aromatic nitrogens is 4. The zero-order chi connectivity index (χ0) is 25.8. The van der Waals surface area contributed by atoms with E-state index in [-0.39, 0.29) is 30.2 Å². The molecule has 3 aromatic rings. The van der Waals surface area contributed by atoms with Crippen molar-refractivity contribution in [3.63, 3.8) is 0 Å². The van der Waals surface area contributed by atoms with Gasteiger partial charge in [0.25, 0.3) is 5.91 Å². The summed E-state index contributed by atoms with van der Waals surface area (Å²) in [5.41, 5.74) is 0.552. The molecule has 0 spiro atoms. The van der Waals surface area contributed by atoms with Crippen LogP contribution in [0.3, 0.4) is 0 Å². The SMILES string of the molecule is CCCC(C(=O)NC1CCCC1)N(C(=O)Cn1nnc(-c2ccc(C)o2)n1)c1ccc2c(c1)OCCO2. The molecule has 0 bridgehead atoms. The number of tetrazole rings is 1. The van der Waals surface area contributed by atoms with Crippen molar-refractivity contribution in [2.45, 2.75) is 71.0 Å². The predicted octanol–water partition coefficient (Wildman–Crippen LogP) is 3.27. The topological polar surface area (TPSA) is 125 Å². The number of anilines is 1. The van der Waals surface area contributed by atoms with Crippen LogP contribution in [0.15, 0.2) is 34.7 Å². The average molecular weight is 509 g/mol. The Labute approximate surface area is 215 Å². The number of furan rings is 1. The Morgan fingerprint density at radius 3 is 2.65 bits per heavy atom. The van der Waals surface area contributed by atoms with E-state index < -0.39 is 6.04 Å². The monoisotopic (exact) mass is 508 g/mol. The van der Waals surface area contributed by atoms with Crippen molar-refractivity contribution < 1.29 is 23.5 Å². The first-order valence-corrected chi connectivity index (χ1v) is 12.9. The number of carbonyl (C=O) groups is 2. The molecule has 0 radical (unpaired) electrons. The third-order valence-electron chi connectivity index (χ3n) is 6.64. The second-order valence-corrected chi connectivity index (χ2v) is 9.44. The molecule has 1 saturated carbocycles. The Hall–Kier alpha value is -3.89. The molecule has 1 aromatic carbocycles. The van der Waals surface area contributed by atoms with Gasteiger partial charge in [-0.3, -0.25) is 14.5 Å². The van der Waals surface area contributed by atoms with Crippen molar-refractivity contribution in [1.29, 1.82) is 0 Å². The van der Waals surface area contributed by atoms with E-state index in [9.17, 15) is 9.59 Å². The van der Waals surface area contributed by atoms with Crippen LogP contribution >= 0.6 is 0 Å². The molecule has 1 atom stereocenters. The summed E-state index contributed by atoms with van der Waals surface area (Å²) < 4.78 is 17.0. The summed E-state index contributed by atoms with van der Waals surface area (Å²) in [6, 6.07) is 8.31. The van der Waals surface area contributed by atoms with Gasteiger partial charge in [-0.2, -0.15) is 4.80 Å². The van der Waals surface area contributed by atoms with E-state index in [4.69, 9.17) is 13.9 Å². The molecule has 2 aromatic heterocycles. The minimum absolute atomic E-state index is 0.139. The summed E-state index contributed by atoms with van der Waals surface area (Å²) >= 11 is 0. The standard InChI is InChI=1S/C26H32N6O5/c1-3-6-20(26(34)27-18-7-4-5-8-18)32(19-10-12-21-23(15-19)36-14-13-35-21)24(33)16-31-29-25(28-30-31)22-11-9-17(2)37-22/h9-12,15,18,20H,3-8,13-14,16H2,1-2H3,(H,27,34). The highest BCUT2D eigenvalue weighted by molar-refractivity contribution is 6.01. The fraction of sp³-hybridized carbons (Fsp3) is 0.500. The van der Waals surface area contributed by atoms with Gasteiger partial charge in [0.05, 0.1) is 0 Å². The highest BCUT2D eigenvalue weighted by Gasteiger charge is 2.33. The molecule has 1 unspecified atom stereocenters. The number of fused-ring (bicyclic) bond motifs is 1. The van der Waals surface area contributed by atoms with Gasteiger partial charge in [-0.1, -0.05) is 26.2 Å². The quantitative estimate of drug-likeness (QED) is 0.467. The summed E-state index contributed by atoms with van der Waals surface area (Å²) in [6.07, 6.45) is 5.34. The van der Waals surface area contributed by atoms with E-state index in [0.29, 0.717) is 42.6 Å². The van der Waals surface area contributed by atoms with Crippen LogP contribution < -0.4 is 19.7 Å². The lowest BCUT2D eigenvalue weighted by Crippen LogP contribution is -2.52. The molecule has 37 heavy (non-hydrogen) atoms. The zero-order valence-electron chi connectivity index (χ0n) is 21.2. The van der Waals surface area contributed by atoms with Crippen LogP contribution in [0.1, 0.15) is 51.2 Å². The Balaban J connectivity index is 1.44. The van der Waals surface area contributed by atoms with Crippen LogP contribution in [0.25, 0.3) is 11.6 Å². The fourth-order valence-electron chi connectivity index (χ4n) is 4.86. The van der Waals surface area contributed by atoms with Crippen LogP contribution in [0.5, 0.6) is 11.5 Å². The van der Waals surface area contributed by atoms with Gasteiger partial charge in [0.1, 0.15) is 31.6 Å². The third kappa shape index (κ3) is 5.60. The summed E-state index contributed by atoms with van der Waals surface area (Å²) in [5.74, 6) is 2.15. The minimum Gasteiger partial charge on any atom is -0.486 e. The van der Waals surface area contributed by atoms with Gasteiger partial charge in [-0.15, -0.1) is 10.2 Å². The molecule has 1 fully saturated rings. The summed E-state index contributed by atoms with van der Waals surface area (Å²) in [6.45, 7) is 4.51. The maximum absolute atomic E-state index is 13.8. The number of hydrogen-bond donors (Lipinski definition) is 1. The molecule has 0 saturated heterocycles. The zero-order valence-corrected chi connectivity index (χ0v) is 21.2. The smallest absolute Gasteiger partial charge is 0.251 e. The summed E-state index contributed by atoms with van der Waals surface area (Å²) in [4.78, 5) is 30.1. The van der Waals surface area contributed by atoms with E-state index in [1.54, 1.807) is 24.3 Å². The van der Waals surface area contributed by atoms with Gasteiger partial charge in [0.15, 0.2) is 17.3 Å². The van der Waals surface area contributed by atoms with Gasteiger partial charge >= 0.3 is 0 Å². The first kappa shape index (κ1) is 24.8. The van der Waals surface area contributed by atoms with Crippen LogP contribution in [-0.2, 0) is 16.1 Å². The molecule has 196 valence electrons. The molecular formula is C26H32N6O5. The molecule has 1 aliphatic heterocycles. The lowest BCUT2D eigenvalue weighted by Gasteiger charge is -2.32. The van der Waals surface area contributed by atoms with Crippen LogP contribution in [0.4, 0.5) is 5.69 Å². The van der Waals surface area contributed by atoms with Crippen molar-refractivity contribution >= 4 is 17.5 Å². The third-order valence-corrected chi connectivity index (χ3v) is 6.64. The lowest BCUT2D eigenvalue weighted by atomic mass is 10.1. The number of rotatable bonds is 9. The Bertz CT molecular complexity index is 1250. The van der Waals surface area contributed by atoms with Crippen LogP contribution in [-0.4, -0.2) is 57.3 Å². The maximum Gasteiger partial charge on any atom is 0.251 e. The van der Waals surface area contributed by atoms with Gasteiger partial charge < -0.3 is 19.2 Å². The molecule has 1 N–H and O–H groups in total. The van der Waals surface area contributed by atoms with E-state index in [2.05, 4.69) is 20.7 Å². The number of nitrogens with zero attached hydrogens (tertiary/aromatic N) is 5. The molecule has 11 heteroatoms. The number of hydrogen-bond acceptors (Lipinski definition) is 8. The average Bonchev–Trinajstić information content (AvgIpc) is 3.66. The highest BCUT2D eigenvalue weighted by Crippen LogP contribution is 2.35.